The van der Waals surface area contributed by atoms with Crippen LogP contribution in [0.3, 0.4) is 0 Å². The van der Waals surface area contributed by atoms with Crippen LogP contribution < -0.4 is 20.4 Å². The fourth-order valence-electron chi connectivity index (χ4n) is 4.09. The Labute approximate surface area is 241 Å². The van der Waals surface area contributed by atoms with Gasteiger partial charge in [0.1, 0.15) is 0 Å². The van der Waals surface area contributed by atoms with Crippen LogP contribution >= 0.6 is 23.2 Å². The van der Waals surface area contributed by atoms with E-state index in [1.54, 1.807) is 35.2 Å². The molecule has 1 fully saturated rings. The fraction of sp³-hybridized carbons (Fsp3) is 0.222. The molecule has 4 rings (SSSR count). The molecule has 0 aliphatic carbocycles. The number of piperidine rings is 1. The van der Waals surface area contributed by atoms with E-state index in [1.807, 2.05) is 0 Å². The minimum Gasteiger partial charge on any atom is -0.369 e. The van der Waals surface area contributed by atoms with Gasteiger partial charge in [0.2, 0.25) is 11.8 Å². The lowest BCUT2D eigenvalue weighted by Gasteiger charge is -2.30. The number of carbonyl (C=O) groups excluding carboxylic acids is 3. The molecule has 3 amide bonds. The molecule has 0 aromatic heterocycles. The first-order chi connectivity index (χ1) is 19.1. The number of sulfonamides is 1. The van der Waals surface area contributed by atoms with E-state index in [1.165, 1.54) is 42.5 Å². The summed E-state index contributed by atoms with van der Waals surface area (Å²) in [4.78, 5) is 43.6. The number of likely N-dealkylation sites (tertiary alicyclic amines) is 1. The number of anilines is 1. The highest BCUT2D eigenvalue weighted by atomic mass is 35.5. The van der Waals surface area contributed by atoms with Gasteiger partial charge in [-0.25, -0.2) is 0 Å². The van der Waals surface area contributed by atoms with Gasteiger partial charge in [0, 0.05) is 29.6 Å². The highest BCUT2D eigenvalue weighted by Gasteiger charge is 2.29. The van der Waals surface area contributed by atoms with E-state index < -0.39 is 15.9 Å². The molecule has 0 saturated carbocycles. The molecule has 0 radical (unpaired) electrons. The van der Waals surface area contributed by atoms with Gasteiger partial charge in [-0.3, -0.25) is 14.4 Å². The van der Waals surface area contributed by atoms with Crippen molar-refractivity contribution in [1.82, 2.24) is 10.2 Å². The van der Waals surface area contributed by atoms with Crippen molar-refractivity contribution in [3.05, 3.63) is 88.4 Å². The number of carbonyl (C=O) groups is 3. The fourth-order valence-corrected chi connectivity index (χ4v) is 5.78. The quantitative estimate of drug-likeness (QED) is 0.357. The molecule has 0 spiro atoms. The minimum atomic E-state index is -4.28. The summed E-state index contributed by atoms with van der Waals surface area (Å²) in [6, 6.07) is 17.7. The van der Waals surface area contributed by atoms with Gasteiger partial charge in [0.05, 0.1) is 22.2 Å². The van der Waals surface area contributed by atoms with Crippen molar-refractivity contribution in [3.8, 4) is 5.75 Å². The van der Waals surface area contributed by atoms with Gasteiger partial charge < -0.3 is 20.8 Å². The van der Waals surface area contributed by atoms with Crippen LogP contribution in [0.2, 0.25) is 10.0 Å². The number of amides is 3. The molecule has 10 nitrogen and oxygen atoms in total. The van der Waals surface area contributed by atoms with E-state index in [0.717, 1.165) is 4.47 Å². The Morgan fingerprint density at radius 1 is 0.975 bits per heavy atom. The molecule has 0 atom stereocenters. The largest absolute Gasteiger partial charge is 0.369 e. The normalized spacial score (nSPS) is 13.9. The van der Waals surface area contributed by atoms with Crippen molar-refractivity contribution in [1.29, 1.82) is 0 Å². The molecule has 3 aromatic carbocycles. The number of hydrogen-bond donors (Lipinski definition) is 2. The number of benzene rings is 3. The van der Waals surface area contributed by atoms with E-state index in [2.05, 4.69) is 5.32 Å². The lowest BCUT2D eigenvalue weighted by Crippen LogP contribution is -2.45. The van der Waals surface area contributed by atoms with Gasteiger partial charge in [-0.05, 0) is 67.4 Å². The van der Waals surface area contributed by atoms with E-state index in [4.69, 9.17) is 33.8 Å². The topological polar surface area (TPSA) is 139 Å². The third-order valence-electron chi connectivity index (χ3n) is 6.33. The zero-order valence-electron chi connectivity index (χ0n) is 21.1. The van der Waals surface area contributed by atoms with E-state index in [0.29, 0.717) is 31.0 Å². The van der Waals surface area contributed by atoms with Crippen LogP contribution in [-0.2, 0) is 19.6 Å². The van der Waals surface area contributed by atoms with Crippen LogP contribution in [0.5, 0.6) is 5.75 Å². The Kier molecular flexibility index (Phi) is 9.18. The molecule has 0 bridgehead atoms. The monoisotopic (exact) mass is 604 g/mol. The van der Waals surface area contributed by atoms with Crippen LogP contribution in [0.4, 0.5) is 5.69 Å². The van der Waals surface area contributed by atoms with Gasteiger partial charge in [-0.15, -0.1) is 0 Å². The highest BCUT2D eigenvalue weighted by Crippen LogP contribution is 2.32. The zero-order valence-corrected chi connectivity index (χ0v) is 23.5. The predicted octanol–water partition coefficient (Wildman–Crippen LogP) is 3.64. The third-order valence-corrected chi connectivity index (χ3v) is 8.45. The van der Waals surface area contributed by atoms with Crippen molar-refractivity contribution in [3.63, 3.8) is 0 Å². The van der Waals surface area contributed by atoms with Gasteiger partial charge >= 0.3 is 0 Å². The summed E-state index contributed by atoms with van der Waals surface area (Å²) >= 11 is 12.2. The minimum absolute atomic E-state index is 0.0676. The highest BCUT2D eigenvalue weighted by molar-refractivity contribution is 7.92. The van der Waals surface area contributed by atoms with Crippen LogP contribution in [0.25, 0.3) is 0 Å². The maximum absolute atomic E-state index is 13.6. The molecule has 1 aliphatic heterocycles. The maximum Gasteiger partial charge on any atom is 0.295 e. The number of nitrogens with zero attached hydrogens (tertiary/aromatic N) is 2. The number of hydrogen-bond acceptors (Lipinski definition) is 6. The molecule has 1 aliphatic rings. The zero-order chi connectivity index (χ0) is 28.9. The van der Waals surface area contributed by atoms with E-state index in [9.17, 15) is 22.8 Å². The van der Waals surface area contributed by atoms with Gasteiger partial charge in [-0.1, -0.05) is 45.9 Å². The maximum atomic E-state index is 13.6. The SMILES string of the molecule is NC(=O)C1CCN(C(=O)CNC(=O)c2ccc(S(=O)(=O)N(Oc3ccc(Cl)cc3Cl)c3ccccc3)cc2)CC1. The number of primary amides is 1. The number of para-hydroxylation sites is 1. The number of halogens is 2. The van der Waals surface area contributed by atoms with Crippen molar-refractivity contribution in [2.24, 2.45) is 11.7 Å². The standard InChI is InChI=1S/C27H26Cl2N4O6S/c28-20-8-11-24(23(29)16-20)39-33(21-4-2-1-3-5-21)40(37,38)22-9-6-19(7-10-22)27(36)31-17-25(34)32-14-12-18(13-15-32)26(30)35/h1-11,16,18H,12-15,17H2,(H2,30,35)(H,31,36). The van der Waals surface area contributed by atoms with Crippen LogP contribution in [0, 0.1) is 5.92 Å². The molecule has 40 heavy (non-hydrogen) atoms. The summed E-state index contributed by atoms with van der Waals surface area (Å²) in [6.07, 6.45) is 0.970. The van der Waals surface area contributed by atoms with Crippen LogP contribution in [-0.4, -0.2) is 50.7 Å². The first-order valence-electron chi connectivity index (χ1n) is 12.2. The molecule has 3 aromatic rings. The summed E-state index contributed by atoms with van der Waals surface area (Å²) in [5.41, 5.74) is 5.70. The number of nitrogens with one attached hydrogen (secondary N) is 1. The van der Waals surface area contributed by atoms with Gasteiger partial charge in [0.25, 0.3) is 15.9 Å². The van der Waals surface area contributed by atoms with E-state index >= 15 is 0 Å². The third kappa shape index (κ3) is 6.85. The molecule has 210 valence electrons. The Bertz CT molecular complexity index is 1500. The molecule has 13 heteroatoms. The van der Waals surface area contributed by atoms with Gasteiger partial charge in [0.15, 0.2) is 5.75 Å². The van der Waals surface area contributed by atoms with Crippen molar-refractivity contribution >= 4 is 56.6 Å². The van der Waals surface area contributed by atoms with Crippen LogP contribution in [0.1, 0.15) is 23.2 Å². The van der Waals surface area contributed by atoms with Crippen molar-refractivity contribution < 1.29 is 27.6 Å². The summed E-state index contributed by atoms with van der Waals surface area (Å²) in [5, 5.41) is 3.02. The van der Waals surface area contributed by atoms with Crippen molar-refractivity contribution in [2.45, 2.75) is 17.7 Å². The second kappa shape index (κ2) is 12.6. The Balaban J connectivity index is 1.45. The summed E-state index contributed by atoms with van der Waals surface area (Å²) in [7, 11) is -4.28. The second-order valence-electron chi connectivity index (χ2n) is 9.00. The molecular weight excluding hydrogens is 579 g/mol. The Morgan fingerprint density at radius 3 is 2.23 bits per heavy atom. The smallest absolute Gasteiger partial charge is 0.295 e. The van der Waals surface area contributed by atoms with Gasteiger partial charge in [-0.2, -0.15) is 8.42 Å². The second-order valence-corrected chi connectivity index (χ2v) is 11.6. The average Bonchev–Trinajstić information content (AvgIpc) is 2.95. The molecule has 1 saturated heterocycles. The predicted molar refractivity (Wildman–Crippen MR) is 150 cm³/mol. The summed E-state index contributed by atoms with van der Waals surface area (Å²) < 4.78 is 27.9. The van der Waals surface area contributed by atoms with Crippen molar-refractivity contribution in [2.75, 3.05) is 24.1 Å². The summed E-state index contributed by atoms with van der Waals surface area (Å²) in [6.45, 7) is 0.532. The summed E-state index contributed by atoms with van der Waals surface area (Å²) in [5.74, 6) is -1.39. The first kappa shape index (κ1) is 29.2. The molecule has 1 heterocycles. The Hall–Kier alpha value is -3.80. The molecular formula is C27H26Cl2N4O6S. The van der Waals surface area contributed by atoms with Crippen LogP contribution in [0.15, 0.2) is 77.7 Å². The van der Waals surface area contributed by atoms with E-state index in [-0.39, 0.29) is 51.2 Å². The lowest BCUT2D eigenvalue weighted by molar-refractivity contribution is -0.133. The lowest BCUT2D eigenvalue weighted by atomic mass is 9.96. The number of rotatable bonds is 9. The Morgan fingerprint density at radius 2 is 1.62 bits per heavy atom. The average molecular weight is 606 g/mol. The first-order valence-corrected chi connectivity index (χ1v) is 14.4. The molecule has 3 N–H and O–H groups in total. The molecule has 0 unspecified atom stereocenters. The number of nitrogens with two attached hydrogens (primary N) is 1.